The number of ketones is 1. The molecule has 2 rings (SSSR count). The van der Waals surface area contributed by atoms with Crippen LogP contribution in [0.25, 0.3) is 0 Å². The maximum Gasteiger partial charge on any atom is 0.202 e. The molecule has 110 valence electrons. The average molecular weight is 436 g/mol. The van der Waals surface area contributed by atoms with Gasteiger partial charge in [0.05, 0.1) is 10.4 Å². The Kier molecular flexibility index (Phi) is 4.73. The standard InChI is InChI=1S/C11H4Cl8O/c12-4-1-2-9(16,5(13)3-4)10(17)8(20)6(14)7(15)11(10,18)19/h1-3,5H. The maximum atomic E-state index is 12.4. The van der Waals surface area contributed by atoms with Crippen molar-refractivity contribution in [3.63, 3.8) is 0 Å². The number of hydrogen-bond acceptors (Lipinski definition) is 1. The van der Waals surface area contributed by atoms with Gasteiger partial charge in [-0.25, -0.2) is 0 Å². The van der Waals surface area contributed by atoms with Crippen LogP contribution in [0.3, 0.4) is 0 Å². The first kappa shape index (κ1) is 17.6. The Bertz CT molecular complexity index is 577. The largest absolute Gasteiger partial charge is 0.291 e. The average Bonchev–Trinajstić information content (AvgIpc) is 2.49. The summed E-state index contributed by atoms with van der Waals surface area (Å²) in [5.41, 5.74) is 0. The van der Waals surface area contributed by atoms with Crippen LogP contribution < -0.4 is 0 Å². The zero-order valence-electron chi connectivity index (χ0n) is 9.24. The van der Waals surface area contributed by atoms with E-state index >= 15 is 0 Å². The van der Waals surface area contributed by atoms with E-state index in [-0.39, 0.29) is 10.1 Å². The third-order valence-electron chi connectivity index (χ3n) is 3.13. The highest BCUT2D eigenvalue weighted by Crippen LogP contribution is 2.63. The molecule has 0 spiro atoms. The van der Waals surface area contributed by atoms with Gasteiger partial charge < -0.3 is 0 Å². The second-order valence-electron chi connectivity index (χ2n) is 4.24. The van der Waals surface area contributed by atoms with Crippen LogP contribution in [-0.2, 0) is 4.79 Å². The Labute approximate surface area is 155 Å². The van der Waals surface area contributed by atoms with Crippen molar-refractivity contribution in [2.45, 2.75) is 19.5 Å². The fraction of sp³-hybridized carbons (Fsp3) is 0.364. The highest BCUT2D eigenvalue weighted by Gasteiger charge is 2.72. The van der Waals surface area contributed by atoms with E-state index in [9.17, 15) is 4.79 Å². The molecule has 0 heterocycles. The molecule has 0 aromatic carbocycles. The van der Waals surface area contributed by atoms with Crippen molar-refractivity contribution >= 4 is 98.6 Å². The summed E-state index contributed by atoms with van der Waals surface area (Å²) in [6.07, 6.45) is 4.21. The van der Waals surface area contributed by atoms with Crippen LogP contribution in [0.2, 0.25) is 0 Å². The van der Waals surface area contributed by atoms with E-state index in [0.29, 0.717) is 5.03 Å². The predicted molar refractivity (Wildman–Crippen MR) is 88.1 cm³/mol. The molecule has 0 N–H and O–H groups in total. The van der Waals surface area contributed by atoms with Crippen molar-refractivity contribution < 1.29 is 4.79 Å². The molecule has 0 aromatic rings. The SMILES string of the molecule is O=C1C(Cl)=C(Cl)C(Cl)(Cl)C1(Cl)C1(Cl)C=CC(Cl)=CC1Cl. The zero-order valence-corrected chi connectivity index (χ0v) is 15.3. The van der Waals surface area contributed by atoms with Crippen LogP contribution in [0.1, 0.15) is 0 Å². The first-order valence-electron chi connectivity index (χ1n) is 5.07. The third kappa shape index (κ3) is 2.09. The quantitative estimate of drug-likeness (QED) is 0.484. The van der Waals surface area contributed by atoms with Crippen LogP contribution in [-0.4, -0.2) is 25.2 Å². The molecule has 20 heavy (non-hydrogen) atoms. The smallest absolute Gasteiger partial charge is 0.202 e. The monoisotopic (exact) mass is 432 g/mol. The van der Waals surface area contributed by atoms with Crippen LogP contribution in [0.4, 0.5) is 0 Å². The van der Waals surface area contributed by atoms with Gasteiger partial charge in [0, 0.05) is 5.03 Å². The number of rotatable bonds is 1. The summed E-state index contributed by atoms with van der Waals surface area (Å²) >= 11 is 48.9. The van der Waals surface area contributed by atoms with Gasteiger partial charge in [-0.2, -0.15) is 0 Å². The molecule has 0 saturated carbocycles. The van der Waals surface area contributed by atoms with Crippen molar-refractivity contribution in [1.29, 1.82) is 0 Å². The Morgan fingerprint density at radius 1 is 1.05 bits per heavy atom. The lowest BCUT2D eigenvalue weighted by Crippen LogP contribution is -2.62. The minimum atomic E-state index is -2.07. The predicted octanol–water partition coefficient (Wildman–Crippen LogP) is 5.69. The van der Waals surface area contributed by atoms with Crippen LogP contribution in [0, 0.1) is 0 Å². The van der Waals surface area contributed by atoms with E-state index in [2.05, 4.69) is 0 Å². The maximum absolute atomic E-state index is 12.4. The molecule has 1 nitrogen and oxygen atoms in total. The lowest BCUT2D eigenvalue weighted by atomic mass is 9.81. The summed E-state index contributed by atoms with van der Waals surface area (Å²) in [6.45, 7) is 0. The van der Waals surface area contributed by atoms with Gasteiger partial charge in [-0.05, 0) is 12.2 Å². The molecule has 3 unspecified atom stereocenters. The first-order chi connectivity index (χ1) is 9.00. The van der Waals surface area contributed by atoms with E-state index in [0.717, 1.165) is 0 Å². The minimum Gasteiger partial charge on any atom is -0.291 e. The summed E-state index contributed by atoms with van der Waals surface area (Å²) < 4.78 is -2.03. The Hall–Kier alpha value is 1.21. The molecule has 2 aliphatic rings. The van der Waals surface area contributed by atoms with Crippen LogP contribution in [0.15, 0.2) is 33.3 Å². The molecular weight excluding hydrogens is 432 g/mol. The molecular formula is C11H4Cl8O. The third-order valence-corrected chi connectivity index (χ3v) is 7.74. The first-order valence-corrected chi connectivity index (χ1v) is 8.15. The second kappa shape index (κ2) is 5.39. The van der Waals surface area contributed by atoms with Crippen molar-refractivity contribution in [2.24, 2.45) is 0 Å². The normalized spacial score (nSPS) is 40.3. The topological polar surface area (TPSA) is 17.1 Å². The molecule has 0 radical (unpaired) electrons. The summed E-state index contributed by atoms with van der Waals surface area (Å²) in [5, 5.41) is -1.27. The molecule has 0 aromatic heterocycles. The van der Waals surface area contributed by atoms with Gasteiger partial charge in [0.2, 0.25) is 5.78 Å². The van der Waals surface area contributed by atoms with Gasteiger partial charge in [0.25, 0.3) is 0 Å². The highest BCUT2D eigenvalue weighted by molar-refractivity contribution is 6.72. The zero-order chi connectivity index (χ0) is 15.5. The van der Waals surface area contributed by atoms with Gasteiger partial charge >= 0.3 is 0 Å². The molecule has 9 heteroatoms. The molecule has 0 aliphatic heterocycles. The van der Waals surface area contributed by atoms with Crippen molar-refractivity contribution in [2.75, 3.05) is 0 Å². The summed E-state index contributed by atoms with van der Waals surface area (Å²) in [4.78, 5) is 8.64. The van der Waals surface area contributed by atoms with E-state index in [1.165, 1.54) is 18.2 Å². The lowest BCUT2D eigenvalue weighted by Gasteiger charge is -2.45. The number of carbonyl (C=O) groups is 1. The number of halogens is 8. The van der Waals surface area contributed by atoms with E-state index in [1.54, 1.807) is 0 Å². The fourth-order valence-electron chi connectivity index (χ4n) is 2.01. The number of hydrogen-bond donors (Lipinski definition) is 0. The number of carbonyl (C=O) groups excluding carboxylic acids is 1. The van der Waals surface area contributed by atoms with E-state index in [4.69, 9.17) is 92.8 Å². The Morgan fingerprint density at radius 3 is 2.00 bits per heavy atom. The molecule has 0 bridgehead atoms. The van der Waals surface area contributed by atoms with Crippen LogP contribution in [0.5, 0.6) is 0 Å². The molecule has 3 atom stereocenters. The Balaban J connectivity index is 2.64. The minimum absolute atomic E-state index is 0.291. The molecule has 0 saturated heterocycles. The molecule has 0 fully saturated rings. The fourth-order valence-corrected chi connectivity index (χ4v) is 4.89. The van der Waals surface area contributed by atoms with Gasteiger partial charge in [0.15, 0.2) is 9.21 Å². The number of allylic oxidation sites excluding steroid dienone is 6. The summed E-state index contributed by atoms with van der Waals surface area (Å²) in [7, 11) is 0. The van der Waals surface area contributed by atoms with Gasteiger partial charge in [-0.15, -0.1) is 34.8 Å². The van der Waals surface area contributed by atoms with Crippen molar-refractivity contribution in [1.82, 2.24) is 0 Å². The van der Waals surface area contributed by atoms with Gasteiger partial charge in [-0.1, -0.05) is 64.1 Å². The van der Waals surface area contributed by atoms with E-state index in [1.807, 2.05) is 0 Å². The van der Waals surface area contributed by atoms with Crippen LogP contribution >= 0.6 is 92.8 Å². The summed E-state index contributed by atoms with van der Waals surface area (Å²) in [5.74, 6) is -0.799. The second-order valence-corrected chi connectivity index (χ2v) is 8.43. The Morgan fingerprint density at radius 2 is 1.60 bits per heavy atom. The number of Topliss-reactive ketones (excluding diaryl/α,β-unsaturated/α-hetero) is 1. The molecule has 2 aliphatic carbocycles. The van der Waals surface area contributed by atoms with Crippen molar-refractivity contribution in [3.8, 4) is 0 Å². The lowest BCUT2D eigenvalue weighted by molar-refractivity contribution is -0.117. The highest BCUT2D eigenvalue weighted by atomic mass is 35.5. The van der Waals surface area contributed by atoms with Gasteiger partial charge in [0.1, 0.15) is 9.91 Å². The summed E-state index contributed by atoms with van der Waals surface area (Å²) in [6, 6.07) is 0. The van der Waals surface area contributed by atoms with Gasteiger partial charge in [-0.3, -0.25) is 4.79 Å². The number of alkyl halides is 5. The molecule has 0 amide bonds. The van der Waals surface area contributed by atoms with E-state index < -0.39 is 25.2 Å². The van der Waals surface area contributed by atoms with Crippen molar-refractivity contribution in [3.05, 3.63) is 33.3 Å².